The van der Waals surface area contributed by atoms with Crippen molar-refractivity contribution in [2.45, 2.75) is 52.4 Å². The minimum atomic E-state index is -0.590. The molecule has 0 bridgehead atoms. The van der Waals surface area contributed by atoms with Gasteiger partial charge in [-0.05, 0) is 38.6 Å². The van der Waals surface area contributed by atoms with Crippen molar-refractivity contribution in [1.29, 1.82) is 0 Å². The number of rotatable bonds is 6. The number of carbonyl (C=O) groups excluding carboxylic acids is 2. The van der Waals surface area contributed by atoms with E-state index in [-0.39, 0.29) is 29.6 Å². The number of nitrogens with two attached hydrogens (primary N) is 1. The molecule has 0 aromatic rings. The summed E-state index contributed by atoms with van der Waals surface area (Å²) in [5, 5.41) is 5.51. The van der Waals surface area contributed by atoms with Crippen LogP contribution in [0.25, 0.3) is 0 Å². The molecule has 0 aliphatic heterocycles. The van der Waals surface area contributed by atoms with Crippen LogP contribution in [0, 0.1) is 10.8 Å². The lowest BCUT2D eigenvalue weighted by molar-refractivity contribution is -0.129. The predicted molar refractivity (Wildman–Crippen MR) is 87.3 cm³/mol. The Labute approximate surface area is 134 Å². The molecule has 6 heteroatoms. The molecule has 5 nitrogen and oxygen atoms in total. The van der Waals surface area contributed by atoms with Gasteiger partial charge in [-0.3, -0.25) is 9.59 Å². The Morgan fingerprint density at radius 2 is 1.76 bits per heavy atom. The van der Waals surface area contributed by atoms with Crippen molar-refractivity contribution >= 4 is 24.2 Å². The number of carbonyl (C=O) groups is 2. The van der Waals surface area contributed by atoms with Crippen molar-refractivity contribution in [1.82, 2.24) is 10.6 Å². The highest BCUT2D eigenvalue weighted by Crippen LogP contribution is 2.38. The van der Waals surface area contributed by atoms with Crippen LogP contribution in [-0.4, -0.2) is 32.0 Å². The van der Waals surface area contributed by atoms with Gasteiger partial charge in [0.1, 0.15) is 0 Å². The first-order chi connectivity index (χ1) is 9.35. The molecule has 0 unspecified atom stereocenters. The third-order valence-electron chi connectivity index (χ3n) is 4.45. The number of hydrogen-bond donors (Lipinski definition) is 3. The van der Waals surface area contributed by atoms with Crippen LogP contribution in [0.2, 0.25) is 0 Å². The summed E-state index contributed by atoms with van der Waals surface area (Å²) in [5.41, 5.74) is 5.28. The van der Waals surface area contributed by atoms with Gasteiger partial charge >= 0.3 is 0 Å². The van der Waals surface area contributed by atoms with E-state index >= 15 is 0 Å². The molecule has 0 radical (unpaired) electrons. The normalized spacial score (nSPS) is 17.5. The lowest BCUT2D eigenvalue weighted by atomic mass is 9.71. The van der Waals surface area contributed by atoms with Crippen LogP contribution in [0.15, 0.2) is 0 Å². The molecule has 0 spiro atoms. The van der Waals surface area contributed by atoms with Crippen LogP contribution in [0.5, 0.6) is 0 Å². The number of nitrogens with one attached hydrogen (secondary N) is 2. The van der Waals surface area contributed by atoms with Gasteiger partial charge in [0.15, 0.2) is 0 Å². The van der Waals surface area contributed by atoms with E-state index in [2.05, 4.69) is 10.6 Å². The standard InChI is InChI=1S/C15H29N3O2.ClH/c1-14(2,13(20)17-3)11-18-12(19)9-15(10-16)7-5-4-6-8-15;/h4-11,16H2,1-3H3,(H,17,20)(H,18,19);1H. The summed E-state index contributed by atoms with van der Waals surface area (Å²) in [6.45, 7) is 4.57. The second-order valence-electron chi connectivity index (χ2n) is 6.68. The maximum absolute atomic E-state index is 12.1. The number of halogens is 1. The summed E-state index contributed by atoms with van der Waals surface area (Å²) in [5.74, 6) is -0.0571. The Hall–Kier alpha value is -0.810. The topological polar surface area (TPSA) is 84.2 Å². The molecule has 1 rings (SSSR count). The zero-order valence-electron chi connectivity index (χ0n) is 13.5. The van der Waals surface area contributed by atoms with Gasteiger partial charge in [0, 0.05) is 20.0 Å². The van der Waals surface area contributed by atoms with Crippen molar-refractivity contribution in [2.75, 3.05) is 20.1 Å². The first-order valence-electron chi connectivity index (χ1n) is 7.54. The Bertz CT molecular complexity index is 353. The first kappa shape index (κ1) is 20.2. The molecular formula is C15H30ClN3O2. The van der Waals surface area contributed by atoms with Gasteiger partial charge in [-0.2, -0.15) is 0 Å². The molecule has 0 aromatic heterocycles. The summed E-state index contributed by atoms with van der Waals surface area (Å²) < 4.78 is 0. The fourth-order valence-electron chi connectivity index (χ4n) is 2.90. The Morgan fingerprint density at radius 3 is 2.24 bits per heavy atom. The predicted octanol–water partition coefficient (Wildman–Crippen LogP) is 1.60. The van der Waals surface area contributed by atoms with E-state index < -0.39 is 5.41 Å². The monoisotopic (exact) mass is 319 g/mol. The van der Waals surface area contributed by atoms with Gasteiger partial charge in [0.25, 0.3) is 0 Å². The maximum Gasteiger partial charge on any atom is 0.227 e. The Kier molecular flexibility index (Phi) is 8.26. The smallest absolute Gasteiger partial charge is 0.227 e. The quantitative estimate of drug-likeness (QED) is 0.695. The van der Waals surface area contributed by atoms with Crippen molar-refractivity contribution in [3.05, 3.63) is 0 Å². The van der Waals surface area contributed by atoms with Crippen molar-refractivity contribution in [2.24, 2.45) is 16.6 Å². The van der Waals surface area contributed by atoms with Crippen molar-refractivity contribution < 1.29 is 9.59 Å². The minimum Gasteiger partial charge on any atom is -0.359 e. The van der Waals surface area contributed by atoms with E-state index in [1.165, 1.54) is 6.42 Å². The van der Waals surface area contributed by atoms with Crippen LogP contribution >= 0.6 is 12.4 Å². The Balaban J connectivity index is 0.00000400. The van der Waals surface area contributed by atoms with Crippen molar-refractivity contribution in [3.8, 4) is 0 Å². The second kappa shape index (κ2) is 8.59. The van der Waals surface area contributed by atoms with Crippen LogP contribution in [0.4, 0.5) is 0 Å². The van der Waals surface area contributed by atoms with Gasteiger partial charge in [0.05, 0.1) is 5.41 Å². The van der Waals surface area contributed by atoms with Crippen molar-refractivity contribution in [3.63, 3.8) is 0 Å². The first-order valence-corrected chi connectivity index (χ1v) is 7.54. The summed E-state index contributed by atoms with van der Waals surface area (Å²) in [7, 11) is 1.61. The van der Waals surface area contributed by atoms with Gasteiger partial charge in [0.2, 0.25) is 11.8 Å². The molecule has 4 N–H and O–H groups in total. The molecule has 21 heavy (non-hydrogen) atoms. The molecule has 1 saturated carbocycles. The van der Waals surface area contributed by atoms with Crippen LogP contribution < -0.4 is 16.4 Å². The number of amides is 2. The van der Waals surface area contributed by atoms with E-state index in [4.69, 9.17) is 5.73 Å². The average molecular weight is 320 g/mol. The molecule has 124 valence electrons. The molecule has 0 aromatic carbocycles. The van der Waals surface area contributed by atoms with Crippen LogP contribution in [-0.2, 0) is 9.59 Å². The zero-order valence-corrected chi connectivity index (χ0v) is 14.3. The van der Waals surface area contributed by atoms with E-state index in [1.807, 2.05) is 13.8 Å². The molecule has 1 aliphatic carbocycles. The molecule has 0 heterocycles. The second-order valence-corrected chi connectivity index (χ2v) is 6.68. The fraction of sp³-hybridized carbons (Fsp3) is 0.867. The van der Waals surface area contributed by atoms with Gasteiger partial charge in [-0.25, -0.2) is 0 Å². The Morgan fingerprint density at radius 1 is 1.19 bits per heavy atom. The third kappa shape index (κ3) is 5.83. The zero-order chi connectivity index (χ0) is 15.2. The molecule has 0 saturated heterocycles. The fourth-order valence-corrected chi connectivity index (χ4v) is 2.90. The van der Waals surface area contributed by atoms with Gasteiger partial charge < -0.3 is 16.4 Å². The SMILES string of the molecule is CNC(=O)C(C)(C)CNC(=O)CC1(CN)CCCCC1.Cl. The minimum absolute atomic E-state index is 0. The molecule has 2 amide bonds. The highest BCUT2D eigenvalue weighted by Gasteiger charge is 2.34. The highest BCUT2D eigenvalue weighted by molar-refractivity contribution is 5.85. The molecular weight excluding hydrogens is 290 g/mol. The largest absolute Gasteiger partial charge is 0.359 e. The van der Waals surface area contributed by atoms with Crippen LogP contribution in [0.3, 0.4) is 0 Å². The summed E-state index contributed by atoms with van der Waals surface area (Å²) >= 11 is 0. The van der Waals surface area contributed by atoms with E-state index in [0.29, 0.717) is 19.5 Å². The number of hydrogen-bond acceptors (Lipinski definition) is 3. The summed E-state index contributed by atoms with van der Waals surface area (Å²) in [6.07, 6.45) is 6.12. The van der Waals surface area contributed by atoms with Gasteiger partial charge in [-0.1, -0.05) is 19.3 Å². The van der Waals surface area contributed by atoms with Crippen LogP contribution in [0.1, 0.15) is 52.4 Å². The third-order valence-corrected chi connectivity index (χ3v) is 4.45. The average Bonchev–Trinajstić information content (AvgIpc) is 2.45. The molecule has 0 atom stereocenters. The van der Waals surface area contributed by atoms with Gasteiger partial charge in [-0.15, -0.1) is 12.4 Å². The summed E-state index contributed by atoms with van der Waals surface area (Å²) in [4.78, 5) is 23.8. The summed E-state index contributed by atoms with van der Waals surface area (Å²) in [6, 6.07) is 0. The molecule has 1 fully saturated rings. The molecule has 1 aliphatic rings. The van der Waals surface area contributed by atoms with E-state index in [0.717, 1.165) is 25.7 Å². The van der Waals surface area contributed by atoms with E-state index in [9.17, 15) is 9.59 Å². The lowest BCUT2D eigenvalue weighted by Crippen LogP contribution is -2.45. The lowest BCUT2D eigenvalue weighted by Gasteiger charge is -2.36. The maximum atomic E-state index is 12.1. The highest BCUT2D eigenvalue weighted by atomic mass is 35.5. The van der Waals surface area contributed by atoms with E-state index in [1.54, 1.807) is 7.05 Å².